The van der Waals surface area contributed by atoms with E-state index in [1.54, 1.807) is 12.1 Å². The van der Waals surface area contributed by atoms with E-state index in [1.807, 2.05) is 25.1 Å². The van der Waals surface area contributed by atoms with Crippen LogP contribution < -0.4 is 20.1 Å². The summed E-state index contributed by atoms with van der Waals surface area (Å²) in [6.45, 7) is 2.21. The van der Waals surface area contributed by atoms with Gasteiger partial charge in [0.1, 0.15) is 11.9 Å². The van der Waals surface area contributed by atoms with Gasteiger partial charge in [0, 0.05) is 12.1 Å². The number of nitrogens with one attached hydrogen (secondary N) is 2. The lowest BCUT2D eigenvalue weighted by atomic mass is 10.0. The largest absolute Gasteiger partial charge is 0.454 e. The zero-order chi connectivity index (χ0) is 18.1. The molecule has 0 spiro atoms. The van der Waals surface area contributed by atoms with Crippen LogP contribution in [0.4, 0.5) is 4.39 Å². The van der Waals surface area contributed by atoms with Gasteiger partial charge in [-0.15, -0.1) is 0 Å². The van der Waals surface area contributed by atoms with Crippen molar-refractivity contribution in [3.05, 3.63) is 59.4 Å². The standard InChI is InChI=1S/C20H21FN2O3/c1-12(14-4-9-17-18(10-14)26-11-25-17)22-19(20(24)23-16-7-8-16)13-2-5-15(21)6-3-13/h2-6,9-10,12,16,19,22H,7-8,11H2,1H3,(H,23,24)/t12-,19+/m0/s1. The zero-order valence-corrected chi connectivity index (χ0v) is 14.5. The first-order valence-corrected chi connectivity index (χ1v) is 8.81. The van der Waals surface area contributed by atoms with E-state index in [0.29, 0.717) is 5.75 Å². The molecule has 1 fully saturated rings. The van der Waals surface area contributed by atoms with Crippen LogP contribution in [0, 0.1) is 5.82 Å². The molecule has 1 saturated carbocycles. The van der Waals surface area contributed by atoms with Crippen LogP contribution >= 0.6 is 0 Å². The van der Waals surface area contributed by atoms with Crippen LogP contribution in [0.5, 0.6) is 11.5 Å². The highest BCUT2D eigenvalue weighted by atomic mass is 19.1. The van der Waals surface area contributed by atoms with Crippen LogP contribution in [0.2, 0.25) is 0 Å². The fraction of sp³-hybridized carbons (Fsp3) is 0.350. The average Bonchev–Trinajstić information content (AvgIpc) is 3.32. The van der Waals surface area contributed by atoms with Gasteiger partial charge in [0.15, 0.2) is 11.5 Å². The number of carbonyl (C=O) groups excluding carboxylic acids is 1. The molecule has 2 aliphatic rings. The number of carbonyl (C=O) groups is 1. The zero-order valence-electron chi connectivity index (χ0n) is 14.5. The van der Waals surface area contributed by atoms with Crippen molar-refractivity contribution in [3.8, 4) is 11.5 Å². The minimum absolute atomic E-state index is 0.0910. The molecule has 1 aliphatic carbocycles. The van der Waals surface area contributed by atoms with E-state index in [2.05, 4.69) is 10.6 Å². The normalized spacial score (nSPS) is 17.6. The third kappa shape index (κ3) is 3.65. The van der Waals surface area contributed by atoms with E-state index in [0.717, 1.165) is 29.7 Å². The number of hydrogen-bond donors (Lipinski definition) is 2. The summed E-state index contributed by atoms with van der Waals surface area (Å²) in [6.07, 6.45) is 2.03. The van der Waals surface area contributed by atoms with Crippen molar-refractivity contribution in [2.45, 2.75) is 37.9 Å². The van der Waals surface area contributed by atoms with Crippen molar-refractivity contribution in [2.75, 3.05) is 6.79 Å². The van der Waals surface area contributed by atoms with Crippen LogP contribution in [0.25, 0.3) is 0 Å². The summed E-state index contributed by atoms with van der Waals surface area (Å²) in [5.74, 6) is 1.02. The van der Waals surface area contributed by atoms with Crippen molar-refractivity contribution in [2.24, 2.45) is 0 Å². The van der Waals surface area contributed by atoms with Crippen molar-refractivity contribution in [3.63, 3.8) is 0 Å². The second-order valence-electron chi connectivity index (χ2n) is 6.77. The first-order chi connectivity index (χ1) is 12.6. The van der Waals surface area contributed by atoms with Gasteiger partial charge >= 0.3 is 0 Å². The van der Waals surface area contributed by atoms with E-state index in [1.165, 1.54) is 12.1 Å². The minimum atomic E-state index is -0.559. The van der Waals surface area contributed by atoms with Crippen molar-refractivity contribution < 1.29 is 18.7 Å². The smallest absolute Gasteiger partial charge is 0.241 e. The van der Waals surface area contributed by atoms with Gasteiger partial charge in [0.2, 0.25) is 12.7 Å². The number of ether oxygens (including phenoxy) is 2. The lowest BCUT2D eigenvalue weighted by Gasteiger charge is -2.24. The van der Waals surface area contributed by atoms with E-state index >= 15 is 0 Å². The summed E-state index contributed by atoms with van der Waals surface area (Å²) in [5.41, 5.74) is 1.72. The Morgan fingerprint density at radius 1 is 1.08 bits per heavy atom. The highest BCUT2D eigenvalue weighted by Gasteiger charge is 2.29. The van der Waals surface area contributed by atoms with E-state index in [9.17, 15) is 9.18 Å². The molecule has 0 unspecified atom stereocenters. The summed E-state index contributed by atoms with van der Waals surface area (Å²) >= 11 is 0. The summed E-state index contributed by atoms with van der Waals surface area (Å²) in [5, 5.41) is 6.39. The Kier molecular flexibility index (Phi) is 4.51. The van der Waals surface area contributed by atoms with Crippen LogP contribution in [0.1, 0.15) is 43.0 Å². The number of hydrogen-bond acceptors (Lipinski definition) is 4. The Morgan fingerprint density at radius 2 is 1.77 bits per heavy atom. The molecule has 1 amide bonds. The summed E-state index contributed by atoms with van der Waals surface area (Å²) in [6, 6.07) is 11.4. The molecule has 1 aliphatic heterocycles. The maximum atomic E-state index is 13.3. The summed E-state index contributed by atoms with van der Waals surface area (Å²) < 4.78 is 24.1. The Balaban J connectivity index is 1.54. The molecule has 1 heterocycles. The van der Waals surface area contributed by atoms with Crippen LogP contribution in [-0.4, -0.2) is 18.7 Å². The van der Waals surface area contributed by atoms with Crippen LogP contribution in [0.3, 0.4) is 0 Å². The molecular weight excluding hydrogens is 335 g/mol. The monoisotopic (exact) mass is 356 g/mol. The summed E-state index contributed by atoms with van der Waals surface area (Å²) in [7, 11) is 0. The molecule has 0 aromatic heterocycles. The van der Waals surface area contributed by atoms with Gasteiger partial charge in [-0.1, -0.05) is 18.2 Å². The molecule has 0 radical (unpaired) electrons. The van der Waals surface area contributed by atoms with Gasteiger partial charge in [0.05, 0.1) is 0 Å². The van der Waals surface area contributed by atoms with Gasteiger partial charge in [-0.2, -0.15) is 0 Å². The van der Waals surface area contributed by atoms with Crippen molar-refractivity contribution in [1.29, 1.82) is 0 Å². The van der Waals surface area contributed by atoms with Gasteiger partial charge in [-0.25, -0.2) is 4.39 Å². The van der Waals surface area contributed by atoms with Gasteiger partial charge in [-0.05, 0) is 55.2 Å². The third-order valence-corrected chi connectivity index (χ3v) is 4.70. The molecule has 136 valence electrons. The van der Waals surface area contributed by atoms with E-state index in [-0.39, 0.29) is 30.6 Å². The van der Waals surface area contributed by atoms with Crippen molar-refractivity contribution in [1.82, 2.24) is 10.6 Å². The molecule has 26 heavy (non-hydrogen) atoms. The van der Waals surface area contributed by atoms with Crippen LogP contribution in [-0.2, 0) is 4.79 Å². The Hall–Kier alpha value is -2.60. The van der Waals surface area contributed by atoms with Gasteiger partial charge in [-0.3, -0.25) is 10.1 Å². The maximum Gasteiger partial charge on any atom is 0.241 e. The third-order valence-electron chi connectivity index (χ3n) is 4.70. The molecule has 4 rings (SSSR count). The quantitative estimate of drug-likeness (QED) is 0.834. The first-order valence-electron chi connectivity index (χ1n) is 8.81. The molecule has 2 aromatic rings. The molecule has 6 heteroatoms. The Bertz CT molecular complexity index is 805. The Morgan fingerprint density at radius 3 is 2.50 bits per heavy atom. The van der Waals surface area contributed by atoms with E-state index in [4.69, 9.17) is 9.47 Å². The lowest BCUT2D eigenvalue weighted by molar-refractivity contribution is -0.123. The predicted molar refractivity (Wildman–Crippen MR) is 94.4 cm³/mol. The second kappa shape index (κ2) is 6.96. The molecule has 2 N–H and O–H groups in total. The fourth-order valence-corrected chi connectivity index (χ4v) is 3.02. The van der Waals surface area contributed by atoms with Gasteiger partial charge in [0.25, 0.3) is 0 Å². The fourth-order valence-electron chi connectivity index (χ4n) is 3.02. The van der Waals surface area contributed by atoms with Crippen LogP contribution in [0.15, 0.2) is 42.5 Å². The molecule has 0 saturated heterocycles. The number of halogens is 1. The first kappa shape index (κ1) is 16.8. The predicted octanol–water partition coefficient (Wildman–Crippen LogP) is 3.22. The number of fused-ring (bicyclic) bond motifs is 1. The average molecular weight is 356 g/mol. The molecule has 0 bridgehead atoms. The van der Waals surface area contributed by atoms with Crippen molar-refractivity contribution >= 4 is 5.91 Å². The SMILES string of the molecule is C[C@H](N[C@@H](C(=O)NC1CC1)c1ccc(F)cc1)c1ccc2c(c1)OCO2. The summed E-state index contributed by atoms with van der Waals surface area (Å²) in [4.78, 5) is 12.7. The van der Waals surface area contributed by atoms with Gasteiger partial charge < -0.3 is 14.8 Å². The molecular formula is C20H21FN2O3. The number of amides is 1. The minimum Gasteiger partial charge on any atom is -0.454 e. The number of benzene rings is 2. The van der Waals surface area contributed by atoms with E-state index < -0.39 is 6.04 Å². The number of rotatable bonds is 6. The lowest BCUT2D eigenvalue weighted by Crippen LogP contribution is -2.39. The highest BCUT2D eigenvalue weighted by molar-refractivity contribution is 5.83. The second-order valence-corrected chi connectivity index (χ2v) is 6.77. The highest BCUT2D eigenvalue weighted by Crippen LogP contribution is 2.34. The topological polar surface area (TPSA) is 59.6 Å². The molecule has 2 aromatic carbocycles. The molecule has 5 nitrogen and oxygen atoms in total. The Labute approximate surface area is 151 Å². The molecule has 2 atom stereocenters. The maximum absolute atomic E-state index is 13.3.